The Morgan fingerprint density at radius 1 is 0.917 bits per heavy atom. The molecular weight excluding hydrogens is 492 g/mol. The normalized spacial score (nSPS) is 11.8. The fraction of sp³-hybridized carbons (Fsp3) is 0.261. The Kier molecular flexibility index (Phi) is 8.42. The monoisotopic (exact) mass is 513 g/mol. The van der Waals surface area contributed by atoms with Gasteiger partial charge in [0.15, 0.2) is 5.82 Å². The Bertz CT molecular complexity index is 1310. The van der Waals surface area contributed by atoms with Crippen molar-refractivity contribution in [2.24, 2.45) is 0 Å². The number of aromatic amines is 1. The number of nitrogens with one attached hydrogen (secondary N) is 2. The van der Waals surface area contributed by atoms with E-state index in [0.29, 0.717) is 5.82 Å². The molecule has 0 aliphatic rings. The van der Waals surface area contributed by atoms with Crippen LogP contribution < -0.4 is 5.32 Å². The third-order valence-electron chi connectivity index (χ3n) is 5.38. The fourth-order valence-electron chi connectivity index (χ4n) is 3.67. The molecule has 13 heteroatoms. The van der Waals surface area contributed by atoms with Gasteiger partial charge >= 0.3 is 41.7 Å². The zero-order chi connectivity index (χ0) is 25.2. The number of hydrogen-bond acceptors (Lipinski definition) is 6. The van der Waals surface area contributed by atoms with Gasteiger partial charge in [-0.1, -0.05) is 55.5 Å². The molecule has 0 aliphatic carbocycles. The molecule has 2 aromatic heterocycles. The number of aromatic nitrogens is 6. The standard InChI is InChI=1S/C23H20F5N7.Na.H/c1-3-16-19(22(24,25)23(26,27)28)30-13(2)31-20(16)29-12-14-8-10-15(11-9-14)17-6-4-5-7-18(17)21-32-34-35-33-21;;/h4-11H,3,12H2,1-2H3,(H,29,30,31)(H,32,33,34,35);;. The SMILES string of the molecule is CCc1c(NCc2ccc(-c3ccccc3-c3nnn[nH]3)cc2)nc(C)nc1C(F)(F)C(F)(F)F.[NaH]. The van der Waals surface area contributed by atoms with Gasteiger partial charge in [-0.15, -0.1) is 5.10 Å². The maximum absolute atomic E-state index is 14.1. The number of anilines is 1. The summed E-state index contributed by atoms with van der Waals surface area (Å²) in [4.78, 5) is 7.51. The average molecular weight is 513 g/mol. The summed E-state index contributed by atoms with van der Waals surface area (Å²) >= 11 is 0. The number of nitrogens with zero attached hydrogens (tertiary/aromatic N) is 5. The van der Waals surface area contributed by atoms with E-state index in [-0.39, 0.29) is 59.7 Å². The molecule has 36 heavy (non-hydrogen) atoms. The van der Waals surface area contributed by atoms with E-state index in [4.69, 9.17) is 0 Å². The van der Waals surface area contributed by atoms with Crippen LogP contribution in [0.5, 0.6) is 0 Å². The van der Waals surface area contributed by atoms with Crippen molar-refractivity contribution in [3.05, 3.63) is 71.2 Å². The van der Waals surface area contributed by atoms with Crippen LogP contribution in [0.4, 0.5) is 27.8 Å². The molecule has 0 spiro atoms. The van der Waals surface area contributed by atoms with Crippen molar-refractivity contribution >= 4 is 35.4 Å². The second-order valence-corrected chi connectivity index (χ2v) is 7.72. The Balaban J connectivity index is 0.00000361. The maximum atomic E-state index is 14.1. The van der Waals surface area contributed by atoms with Gasteiger partial charge in [0, 0.05) is 17.7 Å². The van der Waals surface area contributed by atoms with Crippen LogP contribution >= 0.6 is 0 Å². The van der Waals surface area contributed by atoms with Crippen LogP contribution in [-0.2, 0) is 18.9 Å². The quantitative estimate of drug-likeness (QED) is 0.272. The third-order valence-corrected chi connectivity index (χ3v) is 5.38. The van der Waals surface area contributed by atoms with Gasteiger partial charge in [-0.3, -0.25) is 0 Å². The summed E-state index contributed by atoms with van der Waals surface area (Å²) in [6.45, 7) is 2.91. The van der Waals surface area contributed by atoms with Crippen LogP contribution in [0.1, 0.15) is 29.6 Å². The van der Waals surface area contributed by atoms with Crippen LogP contribution in [0.3, 0.4) is 0 Å². The molecular formula is C23H21F5N7Na. The number of tetrazole rings is 1. The Labute approximate surface area is 225 Å². The molecule has 0 radical (unpaired) electrons. The van der Waals surface area contributed by atoms with E-state index in [2.05, 4.69) is 35.9 Å². The van der Waals surface area contributed by atoms with Crippen LogP contribution in [-0.4, -0.2) is 66.3 Å². The predicted octanol–water partition coefficient (Wildman–Crippen LogP) is 4.81. The molecule has 2 heterocycles. The van der Waals surface area contributed by atoms with Crippen LogP contribution in [0.15, 0.2) is 48.5 Å². The predicted molar refractivity (Wildman–Crippen MR) is 126 cm³/mol. The van der Waals surface area contributed by atoms with E-state index in [1.54, 1.807) is 0 Å². The van der Waals surface area contributed by atoms with Gasteiger partial charge in [-0.25, -0.2) is 15.1 Å². The van der Waals surface area contributed by atoms with Crippen LogP contribution in [0.25, 0.3) is 22.5 Å². The number of H-pyrrole nitrogens is 1. The summed E-state index contributed by atoms with van der Waals surface area (Å²) in [7, 11) is 0. The van der Waals surface area contributed by atoms with Crippen molar-refractivity contribution in [3.8, 4) is 22.5 Å². The van der Waals surface area contributed by atoms with Crippen molar-refractivity contribution in [1.82, 2.24) is 30.6 Å². The number of benzene rings is 2. The minimum absolute atomic E-state index is 0. The number of rotatable bonds is 7. The van der Waals surface area contributed by atoms with E-state index in [1.807, 2.05) is 48.5 Å². The summed E-state index contributed by atoms with van der Waals surface area (Å²) in [5.41, 5.74) is 1.77. The first-order valence-corrected chi connectivity index (χ1v) is 10.6. The van der Waals surface area contributed by atoms with Gasteiger partial charge < -0.3 is 5.32 Å². The summed E-state index contributed by atoms with van der Waals surface area (Å²) < 4.78 is 67.2. The molecule has 0 saturated heterocycles. The van der Waals surface area contributed by atoms with Crippen LogP contribution in [0.2, 0.25) is 0 Å². The molecule has 0 bridgehead atoms. The Morgan fingerprint density at radius 2 is 1.58 bits per heavy atom. The van der Waals surface area contributed by atoms with E-state index < -0.39 is 17.8 Å². The van der Waals surface area contributed by atoms with Crippen molar-refractivity contribution in [2.75, 3.05) is 5.32 Å². The second kappa shape index (κ2) is 11.0. The summed E-state index contributed by atoms with van der Waals surface area (Å²) in [5, 5.41) is 16.8. The first-order chi connectivity index (χ1) is 16.6. The summed E-state index contributed by atoms with van der Waals surface area (Å²) in [5.74, 6) is -4.80. The molecule has 4 rings (SSSR count). The molecule has 0 saturated carbocycles. The molecule has 7 nitrogen and oxygen atoms in total. The third kappa shape index (κ3) is 5.55. The second-order valence-electron chi connectivity index (χ2n) is 7.72. The van der Waals surface area contributed by atoms with E-state index in [9.17, 15) is 22.0 Å². The molecule has 0 amide bonds. The molecule has 184 valence electrons. The summed E-state index contributed by atoms with van der Waals surface area (Å²) in [6, 6.07) is 14.9. The van der Waals surface area contributed by atoms with Gasteiger partial charge in [0.05, 0.1) is 0 Å². The van der Waals surface area contributed by atoms with Crippen molar-refractivity contribution in [2.45, 2.75) is 38.9 Å². The van der Waals surface area contributed by atoms with Gasteiger partial charge in [0.2, 0.25) is 0 Å². The molecule has 2 aromatic carbocycles. The molecule has 0 aliphatic heterocycles. The molecule has 4 aromatic rings. The molecule has 2 N–H and O–H groups in total. The zero-order valence-electron chi connectivity index (χ0n) is 18.7. The van der Waals surface area contributed by atoms with Gasteiger partial charge in [-0.05, 0) is 40.5 Å². The molecule has 0 unspecified atom stereocenters. The van der Waals surface area contributed by atoms with E-state index in [1.165, 1.54) is 13.8 Å². The zero-order valence-corrected chi connectivity index (χ0v) is 18.7. The first kappa shape index (κ1) is 27.6. The Hall–Kier alpha value is -2.96. The van der Waals surface area contributed by atoms with Crippen LogP contribution in [0, 0.1) is 6.92 Å². The van der Waals surface area contributed by atoms with Crippen molar-refractivity contribution in [1.29, 1.82) is 0 Å². The average Bonchev–Trinajstić information content (AvgIpc) is 3.37. The topological polar surface area (TPSA) is 92.3 Å². The van der Waals surface area contributed by atoms with Gasteiger partial charge in [0.25, 0.3) is 0 Å². The fourth-order valence-corrected chi connectivity index (χ4v) is 3.67. The van der Waals surface area contributed by atoms with Crippen molar-refractivity contribution < 1.29 is 22.0 Å². The van der Waals surface area contributed by atoms with E-state index >= 15 is 0 Å². The van der Waals surface area contributed by atoms with E-state index in [0.717, 1.165) is 22.3 Å². The van der Waals surface area contributed by atoms with Gasteiger partial charge in [0.1, 0.15) is 17.3 Å². The molecule has 0 atom stereocenters. The summed E-state index contributed by atoms with van der Waals surface area (Å²) in [6.07, 6.45) is -5.86. The number of aryl methyl sites for hydroxylation is 1. The van der Waals surface area contributed by atoms with Crippen molar-refractivity contribution in [3.63, 3.8) is 0 Å². The number of halogens is 5. The minimum atomic E-state index is -5.76. The Morgan fingerprint density at radius 3 is 2.17 bits per heavy atom. The number of hydrogen-bond donors (Lipinski definition) is 2. The molecule has 0 fully saturated rings. The first-order valence-electron chi connectivity index (χ1n) is 10.6. The van der Waals surface area contributed by atoms with Gasteiger partial charge in [-0.2, -0.15) is 22.0 Å². The number of alkyl halides is 5.